The van der Waals surface area contributed by atoms with Crippen LogP contribution in [-0.4, -0.2) is 24.1 Å². The highest BCUT2D eigenvalue weighted by Crippen LogP contribution is 2.23. The normalized spacial score (nSPS) is 16.5. The van der Waals surface area contributed by atoms with Gasteiger partial charge in [-0.05, 0) is 62.1 Å². The Morgan fingerprint density at radius 1 is 1.12 bits per heavy atom. The van der Waals surface area contributed by atoms with Crippen molar-refractivity contribution in [3.05, 3.63) is 35.4 Å². The van der Waals surface area contributed by atoms with Gasteiger partial charge in [-0.3, -0.25) is 0 Å². The summed E-state index contributed by atoms with van der Waals surface area (Å²) in [5.41, 5.74) is 3.00. The fraction of sp³-hybridized carbons (Fsp3) is 0.667. The van der Waals surface area contributed by atoms with Crippen LogP contribution in [0.15, 0.2) is 29.4 Å². The Kier molecular flexibility index (Phi) is 8.90. The van der Waals surface area contributed by atoms with E-state index in [4.69, 9.17) is 9.94 Å². The third kappa shape index (κ3) is 7.04. The van der Waals surface area contributed by atoms with Crippen molar-refractivity contribution >= 4 is 5.71 Å². The number of benzene rings is 1. The first kappa shape index (κ1) is 19.0. The molecule has 0 bridgehead atoms. The van der Waals surface area contributed by atoms with Crippen LogP contribution in [-0.2, 0) is 11.2 Å². The molecule has 3 heteroatoms. The van der Waals surface area contributed by atoms with E-state index >= 15 is 0 Å². The van der Waals surface area contributed by atoms with Crippen LogP contribution in [0.5, 0.6) is 0 Å². The maximum atomic E-state index is 8.86. The molecule has 1 N–H and O–H groups in total. The summed E-state index contributed by atoms with van der Waals surface area (Å²) in [6.45, 7) is 3.74. The van der Waals surface area contributed by atoms with E-state index in [1.54, 1.807) is 0 Å². The molecule has 1 fully saturated rings. The van der Waals surface area contributed by atoms with Crippen molar-refractivity contribution < 1.29 is 9.94 Å². The van der Waals surface area contributed by atoms with Gasteiger partial charge in [0.2, 0.25) is 0 Å². The van der Waals surface area contributed by atoms with Gasteiger partial charge in [0.05, 0.1) is 5.71 Å². The number of nitrogens with zero attached hydrogens (tertiary/aromatic N) is 1. The summed E-state index contributed by atoms with van der Waals surface area (Å²) in [5, 5.41) is 12.1. The topological polar surface area (TPSA) is 41.8 Å². The average molecular weight is 332 g/mol. The molecule has 0 unspecified atom stereocenters. The fourth-order valence-electron chi connectivity index (χ4n) is 3.50. The van der Waals surface area contributed by atoms with E-state index in [0.717, 1.165) is 31.1 Å². The molecule has 1 aliphatic rings. The maximum Gasteiger partial charge on any atom is 0.0837 e. The van der Waals surface area contributed by atoms with Crippen LogP contribution in [0.4, 0.5) is 0 Å². The molecule has 1 aliphatic carbocycles. The fourth-order valence-corrected chi connectivity index (χ4v) is 3.50. The lowest BCUT2D eigenvalue weighted by molar-refractivity contribution is 0.0824. The minimum Gasteiger partial charge on any atom is -0.411 e. The molecule has 0 saturated heterocycles. The number of ether oxygens (including phenoxy) is 1. The van der Waals surface area contributed by atoms with Crippen LogP contribution in [0.3, 0.4) is 0 Å². The molecule has 24 heavy (non-hydrogen) atoms. The lowest BCUT2D eigenvalue weighted by Crippen LogP contribution is -2.13. The predicted octanol–water partition coefficient (Wildman–Crippen LogP) is 5.58. The number of rotatable bonds is 10. The zero-order valence-electron chi connectivity index (χ0n) is 15.2. The lowest BCUT2D eigenvalue weighted by atomic mass is 9.90. The SMILES string of the molecule is C/C(=N\O)c1cccc(CCCCCCOCC2CCCCC2)c1. The van der Waals surface area contributed by atoms with E-state index in [2.05, 4.69) is 17.3 Å². The summed E-state index contributed by atoms with van der Waals surface area (Å²) in [5.74, 6) is 0.831. The van der Waals surface area contributed by atoms with Gasteiger partial charge in [0.25, 0.3) is 0 Å². The number of unbranched alkanes of at least 4 members (excludes halogenated alkanes) is 3. The number of aryl methyl sites for hydroxylation is 1. The Bertz CT molecular complexity index is 492. The summed E-state index contributed by atoms with van der Waals surface area (Å²) in [4.78, 5) is 0. The number of oxime groups is 1. The zero-order chi connectivity index (χ0) is 17.0. The Balaban J connectivity index is 1.50. The number of hydrogen-bond donors (Lipinski definition) is 1. The Hall–Kier alpha value is -1.35. The second kappa shape index (κ2) is 11.2. The van der Waals surface area contributed by atoms with Gasteiger partial charge < -0.3 is 9.94 Å². The van der Waals surface area contributed by atoms with Crippen LogP contribution >= 0.6 is 0 Å². The molecular weight excluding hydrogens is 298 g/mol. The van der Waals surface area contributed by atoms with E-state index in [-0.39, 0.29) is 0 Å². The van der Waals surface area contributed by atoms with Crippen LogP contribution in [0.25, 0.3) is 0 Å². The van der Waals surface area contributed by atoms with E-state index < -0.39 is 0 Å². The van der Waals surface area contributed by atoms with Gasteiger partial charge in [-0.15, -0.1) is 0 Å². The summed E-state index contributed by atoms with van der Waals surface area (Å²) >= 11 is 0. The third-order valence-corrected chi connectivity index (χ3v) is 5.08. The molecule has 3 nitrogen and oxygen atoms in total. The summed E-state index contributed by atoms with van der Waals surface area (Å²) in [6, 6.07) is 8.31. The zero-order valence-corrected chi connectivity index (χ0v) is 15.2. The molecule has 0 aliphatic heterocycles. The first-order valence-corrected chi connectivity index (χ1v) is 9.65. The van der Waals surface area contributed by atoms with E-state index in [1.165, 1.54) is 63.4 Å². The van der Waals surface area contributed by atoms with Crippen molar-refractivity contribution in [3.8, 4) is 0 Å². The third-order valence-electron chi connectivity index (χ3n) is 5.08. The maximum absolute atomic E-state index is 8.86. The van der Waals surface area contributed by atoms with E-state index in [9.17, 15) is 0 Å². The smallest absolute Gasteiger partial charge is 0.0837 e. The molecule has 1 aromatic carbocycles. The number of hydrogen-bond acceptors (Lipinski definition) is 3. The van der Waals surface area contributed by atoms with Gasteiger partial charge >= 0.3 is 0 Å². The Labute approximate surface area is 147 Å². The highest BCUT2D eigenvalue weighted by molar-refractivity contribution is 5.98. The van der Waals surface area contributed by atoms with Gasteiger partial charge in [-0.25, -0.2) is 0 Å². The van der Waals surface area contributed by atoms with Gasteiger partial charge in [0.15, 0.2) is 0 Å². The first-order chi connectivity index (χ1) is 11.8. The van der Waals surface area contributed by atoms with Crippen molar-refractivity contribution in [3.63, 3.8) is 0 Å². The first-order valence-electron chi connectivity index (χ1n) is 9.65. The monoisotopic (exact) mass is 331 g/mol. The molecule has 0 atom stereocenters. The Morgan fingerprint density at radius 2 is 1.92 bits per heavy atom. The quantitative estimate of drug-likeness (QED) is 0.263. The minimum atomic E-state index is 0.673. The summed E-state index contributed by atoms with van der Waals surface area (Å²) in [6.07, 6.45) is 13.0. The minimum absolute atomic E-state index is 0.673. The highest BCUT2D eigenvalue weighted by atomic mass is 16.5. The van der Waals surface area contributed by atoms with Crippen molar-refractivity contribution in [1.82, 2.24) is 0 Å². The van der Waals surface area contributed by atoms with Gasteiger partial charge in [-0.1, -0.05) is 55.5 Å². The molecule has 0 spiro atoms. The van der Waals surface area contributed by atoms with Crippen molar-refractivity contribution in [1.29, 1.82) is 0 Å². The molecular formula is C21H33NO2. The van der Waals surface area contributed by atoms with Crippen LogP contribution < -0.4 is 0 Å². The van der Waals surface area contributed by atoms with Crippen LogP contribution in [0.1, 0.15) is 75.8 Å². The second-order valence-corrected chi connectivity index (χ2v) is 7.13. The standard InChI is InChI=1S/C21H33NO2/c1-18(22-23)21-14-9-13-19(16-21)10-5-2-3-8-15-24-17-20-11-6-4-7-12-20/h9,13-14,16,20,23H,2-8,10-12,15,17H2,1H3/b22-18+. The predicted molar refractivity (Wildman–Crippen MR) is 100 cm³/mol. The van der Waals surface area contributed by atoms with E-state index in [0.29, 0.717) is 5.71 Å². The van der Waals surface area contributed by atoms with Crippen LogP contribution in [0, 0.1) is 5.92 Å². The second-order valence-electron chi connectivity index (χ2n) is 7.13. The molecule has 0 radical (unpaired) electrons. The molecule has 0 heterocycles. The highest BCUT2D eigenvalue weighted by Gasteiger charge is 2.12. The van der Waals surface area contributed by atoms with Crippen LogP contribution in [0.2, 0.25) is 0 Å². The van der Waals surface area contributed by atoms with Crippen molar-refractivity contribution in [2.24, 2.45) is 11.1 Å². The Morgan fingerprint density at radius 3 is 2.71 bits per heavy atom. The summed E-state index contributed by atoms with van der Waals surface area (Å²) < 4.78 is 5.86. The van der Waals surface area contributed by atoms with Crippen molar-refractivity contribution in [2.45, 2.75) is 71.1 Å². The average Bonchev–Trinajstić information content (AvgIpc) is 2.64. The molecule has 0 aromatic heterocycles. The molecule has 1 aromatic rings. The molecule has 134 valence electrons. The van der Waals surface area contributed by atoms with Gasteiger partial charge in [0, 0.05) is 13.2 Å². The molecule has 0 amide bonds. The largest absolute Gasteiger partial charge is 0.411 e. The van der Waals surface area contributed by atoms with E-state index in [1.807, 2.05) is 19.1 Å². The molecule has 2 rings (SSSR count). The van der Waals surface area contributed by atoms with Crippen molar-refractivity contribution in [2.75, 3.05) is 13.2 Å². The molecule has 1 saturated carbocycles. The lowest BCUT2D eigenvalue weighted by Gasteiger charge is -2.21. The van der Waals surface area contributed by atoms with Gasteiger partial charge in [-0.2, -0.15) is 0 Å². The van der Waals surface area contributed by atoms with Gasteiger partial charge in [0.1, 0.15) is 0 Å². The summed E-state index contributed by atoms with van der Waals surface area (Å²) in [7, 11) is 0.